The summed E-state index contributed by atoms with van der Waals surface area (Å²) in [5.74, 6) is 2.38. The topological polar surface area (TPSA) is 75.7 Å². The second-order valence-corrected chi connectivity index (χ2v) is 3.39. The molecule has 90 valence electrons. The van der Waals surface area contributed by atoms with Crippen LogP contribution in [0, 0.1) is 0 Å². The summed E-state index contributed by atoms with van der Waals surface area (Å²) in [7, 11) is 0. The number of hydrogen-bond donors (Lipinski definition) is 2. The Morgan fingerprint density at radius 3 is 3.12 bits per heavy atom. The average molecular weight is 233 g/mol. The molecule has 0 saturated carbocycles. The predicted octanol–water partition coefficient (Wildman–Crippen LogP) is 1.25. The Balaban J connectivity index is 1.89. The molecule has 6 heteroatoms. The molecule has 0 atom stereocenters. The molecule has 0 bridgehead atoms. The van der Waals surface area contributed by atoms with Crippen LogP contribution in [0.1, 0.15) is 12.7 Å². The van der Waals surface area contributed by atoms with Crippen molar-refractivity contribution in [3.8, 4) is 5.75 Å². The van der Waals surface area contributed by atoms with Gasteiger partial charge in [0.2, 0.25) is 0 Å². The van der Waals surface area contributed by atoms with Crippen LogP contribution in [0.3, 0.4) is 0 Å². The van der Waals surface area contributed by atoms with Crippen molar-refractivity contribution in [2.75, 3.05) is 18.5 Å². The van der Waals surface area contributed by atoms with E-state index in [0.29, 0.717) is 6.61 Å². The van der Waals surface area contributed by atoms with Gasteiger partial charge in [0.1, 0.15) is 12.2 Å². The minimum Gasteiger partial charge on any atom is -0.490 e. The van der Waals surface area contributed by atoms with Crippen molar-refractivity contribution in [1.29, 1.82) is 0 Å². The van der Waals surface area contributed by atoms with Gasteiger partial charge in [-0.15, -0.1) is 0 Å². The molecule has 0 radical (unpaired) electrons. The fraction of sp³-hybridized carbons (Fsp3) is 0.364. The van der Waals surface area contributed by atoms with Crippen LogP contribution in [0.5, 0.6) is 5.75 Å². The molecule has 2 N–H and O–H groups in total. The van der Waals surface area contributed by atoms with E-state index in [4.69, 9.17) is 4.74 Å². The summed E-state index contributed by atoms with van der Waals surface area (Å²) in [5.41, 5.74) is 0. The molecule has 0 amide bonds. The monoisotopic (exact) mass is 233 g/mol. The van der Waals surface area contributed by atoms with E-state index in [2.05, 4.69) is 25.5 Å². The number of rotatable bonds is 6. The number of H-pyrrole nitrogens is 1. The van der Waals surface area contributed by atoms with Gasteiger partial charge in [0.05, 0.1) is 6.61 Å². The zero-order valence-electron chi connectivity index (χ0n) is 9.68. The number of anilines is 1. The van der Waals surface area contributed by atoms with E-state index in [9.17, 15) is 0 Å². The number of hydrogen-bond acceptors (Lipinski definition) is 5. The van der Waals surface area contributed by atoms with Crippen molar-refractivity contribution in [2.24, 2.45) is 0 Å². The Kier molecular flexibility index (Phi) is 3.90. The van der Waals surface area contributed by atoms with E-state index in [1.165, 1.54) is 6.33 Å². The number of aromatic amines is 1. The van der Waals surface area contributed by atoms with Crippen LogP contribution in [-0.4, -0.2) is 33.3 Å². The van der Waals surface area contributed by atoms with Gasteiger partial charge in [0, 0.05) is 19.2 Å². The van der Waals surface area contributed by atoms with Gasteiger partial charge >= 0.3 is 0 Å². The Bertz CT molecular complexity index is 443. The lowest BCUT2D eigenvalue weighted by Crippen LogP contribution is -2.09. The van der Waals surface area contributed by atoms with E-state index in [0.717, 1.165) is 30.4 Å². The summed E-state index contributed by atoms with van der Waals surface area (Å²) < 4.78 is 5.46. The van der Waals surface area contributed by atoms with Crippen LogP contribution in [0.4, 0.5) is 5.82 Å². The molecular weight excluding hydrogens is 218 g/mol. The second-order valence-electron chi connectivity index (χ2n) is 3.39. The first-order valence-electron chi connectivity index (χ1n) is 5.56. The molecule has 2 aromatic rings. The molecule has 2 aromatic heterocycles. The standard InChI is InChI=1S/C11H15N5O/c1-2-17-9-4-3-6-12-11(9)13-7-5-10-14-8-15-16-10/h3-4,6,8H,2,5,7H2,1H3,(H,12,13)(H,14,15,16). The quantitative estimate of drug-likeness (QED) is 0.785. The third-order valence-electron chi connectivity index (χ3n) is 2.19. The Morgan fingerprint density at radius 1 is 1.41 bits per heavy atom. The molecule has 0 spiro atoms. The normalized spacial score (nSPS) is 10.2. The van der Waals surface area contributed by atoms with E-state index >= 15 is 0 Å². The van der Waals surface area contributed by atoms with E-state index < -0.39 is 0 Å². The van der Waals surface area contributed by atoms with Gasteiger partial charge < -0.3 is 10.1 Å². The minimum atomic E-state index is 0.627. The van der Waals surface area contributed by atoms with Crippen LogP contribution in [-0.2, 0) is 6.42 Å². The highest BCUT2D eigenvalue weighted by Crippen LogP contribution is 2.20. The van der Waals surface area contributed by atoms with Crippen molar-refractivity contribution in [3.63, 3.8) is 0 Å². The zero-order valence-corrected chi connectivity index (χ0v) is 9.68. The average Bonchev–Trinajstić information content (AvgIpc) is 2.85. The highest BCUT2D eigenvalue weighted by atomic mass is 16.5. The Morgan fingerprint density at radius 2 is 2.35 bits per heavy atom. The molecule has 0 aliphatic carbocycles. The molecule has 2 rings (SSSR count). The van der Waals surface area contributed by atoms with Crippen LogP contribution in [0.2, 0.25) is 0 Å². The molecule has 0 aliphatic heterocycles. The molecule has 0 fully saturated rings. The van der Waals surface area contributed by atoms with Crippen LogP contribution in [0.15, 0.2) is 24.7 Å². The number of ether oxygens (including phenoxy) is 1. The fourth-order valence-electron chi connectivity index (χ4n) is 1.45. The molecule has 0 aromatic carbocycles. The highest BCUT2D eigenvalue weighted by molar-refractivity contribution is 5.49. The number of nitrogens with one attached hydrogen (secondary N) is 2. The van der Waals surface area contributed by atoms with Crippen molar-refractivity contribution in [2.45, 2.75) is 13.3 Å². The first-order chi connectivity index (χ1) is 8.40. The summed E-state index contributed by atoms with van der Waals surface area (Å²) in [4.78, 5) is 8.28. The van der Waals surface area contributed by atoms with Crippen LogP contribution >= 0.6 is 0 Å². The second kappa shape index (κ2) is 5.83. The smallest absolute Gasteiger partial charge is 0.168 e. The molecule has 0 unspecified atom stereocenters. The fourth-order valence-corrected chi connectivity index (χ4v) is 1.45. The summed E-state index contributed by atoms with van der Waals surface area (Å²) in [6.07, 6.45) is 4.00. The maximum absolute atomic E-state index is 5.46. The molecule has 0 aliphatic rings. The maximum Gasteiger partial charge on any atom is 0.168 e. The molecule has 2 heterocycles. The van der Waals surface area contributed by atoms with Crippen molar-refractivity contribution in [1.82, 2.24) is 20.2 Å². The van der Waals surface area contributed by atoms with Gasteiger partial charge in [0.15, 0.2) is 11.6 Å². The van der Waals surface area contributed by atoms with E-state index in [1.807, 2.05) is 19.1 Å². The SMILES string of the molecule is CCOc1cccnc1NCCc1ncn[nH]1. The predicted molar refractivity (Wildman–Crippen MR) is 64.0 cm³/mol. The van der Waals surface area contributed by atoms with E-state index in [1.54, 1.807) is 6.20 Å². The molecular formula is C11H15N5O. The van der Waals surface area contributed by atoms with E-state index in [-0.39, 0.29) is 0 Å². The maximum atomic E-state index is 5.46. The molecule has 6 nitrogen and oxygen atoms in total. The third-order valence-corrected chi connectivity index (χ3v) is 2.19. The van der Waals surface area contributed by atoms with Crippen LogP contribution in [0.25, 0.3) is 0 Å². The largest absolute Gasteiger partial charge is 0.490 e. The van der Waals surface area contributed by atoms with Gasteiger partial charge in [-0.05, 0) is 19.1 Å². The number of aromatic nitrogens is 4. The third kappa shape index (κ3) is 3.17. The number of nitrogens with zero attached hydrogens (tertiary/aromatic N) is 3. The first kappa shape index (κ1) is 11.4. The minimum absolute atomic E-state index is 0.627. The molecule has 0 saturated heterocycles. The summed E-state index contributed by atoms with van der Waals surface area (Å²) in [6, 6.07) is 3.75. The van der Waals surface area contributed by atoms with Gasteiger partial charge in [-0.2, -0.15) is 5.10 Å². The summed E-state index contributed by atoms with van der Waals surface area (Å²) in [6.45, 7) is 3.31. The molecule has 17 heavy (non-hydrogen) atoms. The lowest BCUT2D eigenvalue weighted by Gasteiger charge is -2.10. The zero-order chi connectivity index (χ0) is 11.9. The Labute approximate surface area is 99.4 Å². The summed E-state index contributed by atoms with van der Waals surface area (Å²) in [5, 5.41) is 9.81. The van der Waals surface area contributed by atoms with Crippen molar-refractivity contribution < 1.29 is 4.74 Å². The van der Waals surface area contributed by atoms with Gasteiger partial charge in [-0.25, -0.2) is 9.97 Å². The summed E-state index contributed by atoms with van der Waals surface area (Å²) >= 11 is 0. The van der Waals surface area contributed by atoms with Gasteiger partial charge in [-0.3, -0.25) is 5.10 Å². The lowest BCUT2D eigenvalue weighted by molar-refractivity contribution is 0.340. The number of pyridine rings is 1. The van der Waals surface area contributed by atoms with Gasteiger partial charge in [0.25, 0.3) is 0 Å². The highest BCUT2D eigenvalue weighted by Gasteiger charge is 2.03. The first-order valence-corrected chi connectivity index (χ1v) is 5.56. The lowest BCUT2D eigenvalue weighted by atomic mass is 10.3. The van der Waals surface area contributed by atoms with Crippen molar-refractivity contribution in [3.05, 3.63) is 30.5 Å². The van der Waals surface area contributed by atoms with Gasteiger partial charge in [-0.1, -0.05) is 0 Å². The van der Waals surface area contributed by atoms with Crippen molar-refractivity contribution >= 4 is 5.82 Å². The Hall–Kier alpha value is -2.11. The van der Waals surface area contributed by atoms with Crippen LogP contribution < -0.4 is 10.1 Å².